The molecule has 0 aliphatic heterocycles. The van der Waals surface area contributed by atoms with Gasteiger partial charge in [-0.15, -0.1) is 0 Å². The maximum Gasteiger partial charge on any atom is 0.337 e. The molecule has 0 spiro atoms. The number of carbonyl (C=O) groups is 1. The number of halogens is 1. The van der Waals surface area contributed by atoms with Crippen LogP contribution in [0.3, 0.4) is 0 Å². The second kappa shape index (κ2) is 10.5. The lowest BCUT2D eigenvalue weighted by Crippen LogP contribution is -2.04. The van der Waals surface area contributed by atoms with Gasteiger partial charge >= 0.3 is 5.97 Å². The number of imidazole rings is 1. The largest absolute Gasteiger partial charge is 0.489 e. The smallest absolute Gasteiger partial charge is 0.337 e. The molecule has 0 aliphatic carbocycles. The second-order valence-electron chi connectivity index (χ2n) is 9.01. The summed E-state index contributed by atoms with van der Waals surface area (Å²) < 4.78 is 13.0. The van der Waals surface area contributed by atoms with Gasteiger partial charge in [0.2, 0.25) is 0 Å². The van der Waals surface area contributed by atoms with Crippen molar-refractivity contribution in [1.82, 2.24) is 9.55 Å². The van der Waals surface area contributed by atoms with Crippen LogP contribution in [0.25, 0.3) is 22.2 Å². The minimum absolute atomic E-state index is 0.359. The van der Waals surface area contributed by atoms with Crippen LogP contribution >= 0.6 is 11.6 Å². The van der Waals surface area contributed by atoms with E-state index in [0.717, 1.165) is 49.7 Å². The van der Waals surface area contributed by atoms with Crippen LogP contribution in [0, 0.1) is 13.8 Å². The number of hydrogen-bond donors (Lipinski definition) is 0. The summed E-state index contributed by atoms with van der Waals surface area (Å²) in [4.78, 5) is 16.7. The Morgan fingerprint density at radius 1 is 0.919 bits per heavy atom. The Morgan fingerprint density at radius 3 is 2.49 bits per heavy atom. The monoisotopic (exact) mass is 510 g/mol. The Hall–Kier alpha value is -4.09. The lowest BCUT2D eigenvalue weighted by atomic mass is 10.0. The zero-order valence-electron chi connectivity index (χ0n) is 21.0. The summed E-state index contributed by atoms with van der Waals surface area (Å²) in [5.41, 5.74) is 7.80. The third kappa shape index (κ3) is 5.23. The zero-order valence-corrected chi connectivity index (χ0v) is 21.8. The van der Waals surface area contributed by atoms with E-state index in [2.05, 4.69) is 47.9 Å². The number of carbonyl (C=O) groups excluding carboxylic acids is 1. The van der Waals surface area contributed by atoms with Gasteiger partial charge in [-0.05, 0) is 72.0 Å². The molecule has 0 aliphatic rings. The van der Waals surface area contributed by atoms with E-state index in [-0.39, 0.29) is 0 Å². The molecule has 0 bridgehead atoms. The van der Waals surface area contributed by atoms with Gasteiger partial charge in [-0.3, -0.25) is 0 Å². The van der Waals surface area contributed by atoms with E-state index >= 15 is 0 Å². The fourth-order valence-electron chi connectivity index (χ4n) is 4.52. The Morgan fingerprint density at radius 2 is 1.73 bits per heavy atom. The number of fused-ring (bicyclic) bond motifs is 1. The van der Waals surface area contributed by atoms with E-state index in [0.29, 0.717) is 24.5 Å². The van der Waals surface area contributed by atoms with E-state index < -0.39 is 5.97 Å². The SMILES string of the molecule is COC(=O)c1cccc(OCc2cc(C)c3nc(C)n(Cc4ccc(-c5ccccc5)cc4Cl)c3c2)c1. The molecule has 0 saturated carbocycles. The fraction of sp³-hybridized carbons (Fsp3) is 0.161. The van der Waals surface area contributed by atoms with Crippen LogP contribution in [0.2, 0.25) is 5.02 Å². The van der Waals surface area contributed by atoms with E-state index in [1.807, 2.05) is 37.3 Å². The van der Waals surface area contributed by atoms with Crippen LogP contribution < -0.4 is 4.74 Å². The molecule has 0 unspecified atom stereocenters. The molecule has 186 valence electrons. The highest BCUT2D eigenvalue weighted by atomic mass is 35.5. The summed E-state index contributed by atoms with van der Waals surface area (Å²) >= 11 is 6.74. The molecule has 6 heteroatoms. The average molecular weight is 511 g/mol. The molecule has 0 radical (unpaired) electrons. The van der Waals surface area contributed by atoms with Crippen molar-refractivity contribution >= 4 is 28.6 Å². The normalized spacial score (nSPS) is 11.0. The van der Waals surface area contributed by atoms with E-state index in [1.54, 1.807) is 18.2 Å². The summed E-state index contributed by atoms with van der Waals surface area (Å²) in [6.45, 7) is 5.04. The van der Waals surface area contributed by atoms with Gasteiger partial charge < -0.3 is 14.0 Å². The van der Waals surface area contributed by atoms with Crippen molar-refractivity contribution in [2.45, 2.75) is 27.0 Å². The average Bonchev–Trinajstić information content (AvgIpc) is 3.24. The Balaban J connectivity index is 1.41. The highest BCUT2D eigenvalue weighted by molar-refractivity contribution is 6.31. The highest BCUT2D eigenvalue weighted by Gasteiger charge is 2.14. The van der Waals surface area contributed by atoms with Crippen LogP contribution in [0.1, 0.15) is 32.9 Å². The molecule has 5 aromatic rings. The van der Waals surface area contributed by atoms with Gasteiger partial charge in [0.05, 0.1) is 30.3 Å². The summed E-state index contributed by atoms with van der Waals surface area (Å²) in [6.07, 6.45) is 0. The molecule has 5 nitrogen and oxygen atoms in total. The molecule has 37 heavy (non-hydrogen) atoms. The first kappa shape index (κ1) is 24.6. The van der Waals surface area contributed by atoms with Crippen molar-refractivity contribution in [1.29, 1.82) is 0 Å². The molecular formula is C31H27ClN2O3. The third-order valence-electron chi connectivity index (χ3n) is 6.44. The van der Waals surface area contributed by atoms with Gasteiger partial charge in [0.1, 0.15) is 18.2 Å². The molecule has 1 aromatic heterocycles. The summed E-state index contributed by atoms with van der Waals surface area (Å²) in [7, 11) is 1.36. The van der Waals surface area contributed by atoms with Crippen LogP contribution in [0.4, 0.5) is 0 Å². The molecule has 5 rings (SSSR count). The van der Waals surface area contributed by atoms with Gasteiger partial charge in [0.25, 0.3) is 0 Å². The first-order chi connectivity index (χ1) is 17.9. The molecular weight excluding hydrogens is 484 g/mol. The van der Waals surface area contributed by atoms with Crippen LogP contribution in [0.5, 0.6) is 5.75 Å². The number of aryl methyl sites for hydroxylation is 2. The van der Waals surface area contributed by atoms with Gasteiger partial charge in [-0.2, -0.15) is 0 Å². The van der Waals surface area contributed by atoms with Gasteiger partial charge in [-0.1, -0.05) is 66.2 Å². The standard InChI is InChI=1S/C31H27ClN2O3/c1-20-14-22(19-37-27-11-7-10-25(16-27)31(35)36-3)15-29-30(20)33-21(2)34(29)18-26-13-12-24(17-28(26)32)23-8-5-4-6-9-23/h4-17H,18-19H2,1-3H3. The molecule has 0 fully saturated rings. The molecule has 0 saturated heterocycles. The lowest BCUT2D eigenvalue weighted by molar-refractivity contribution is 0.0600. The van der Waals surface area contributed by atoms with Crippen LogP contribution in [-0.2, 0) is 17.9 Å². The van der Waals surface area contributed by atoms with Crippen LogP contribution in [-0.4, -0.2) is 22.6 Å². The summed E-state index contributed by atoms with van der Waals surface area (Å²) in [5, 5.41) is 0.726. The Labute approximate surface area is 221 Å². The molecule has 0 atom stereocenters. The minimum atomic E-state index is -0.391. The maximum atomic E-state index is 11.8. The summed E-state index contributed by atoms with van der Waals surface area (Å²) in [6, 6.07) is 27.6. The van der Waals surface area contributed by atoms with Crippen molar-refractivity contribution in [2.24, 2.45) is 0 Å². The van der Waals surface area contributed by atoms with Crippen molar-refractivity contribution in [3.8, 4) is 16.9 Å². The number of esters is 1. The quantitative estimate of drug-likeness (QED) is 0.214. The maximum absolute atomic E-state index is 11.8. The third-order valence-corrected chi connectivity index (χ3v) is 6.80. The van der Waals surface area contributed by atoms with Crippen molar-refractivity contribution in [3.63, 3.8) is 0 Å². The minimum Gasteiger partial charge on any atom is -0.489 e. The zero-order chi connectivity index (χ0) is 25.9. The number of ether oxygens (including phenoxy) is 2. The highest BCUT2D eigenvalue weighted by Crippen LogP contribution is 2.29. The van der Waals surface area contributed by atoms with Crippen molar-refractivity contribution in [2.75, 3.05) is 7.11 Å². The van der Waals surface area contributed by atoms with Crippen molar-refractivity contribution < 1.29 is 14.3 Å². The fourth-order valence-corrected chi connectivity index (χ4v) is 4.76. The van der Waals surface area contributed by atoms with Crippen LogP contribution in [0.15, 0.2) is 84.9 Å². The lowest BCUT2D eigenvalue weighted by Gasteiger charge is -2.12. The first-order valence-electron chi connectivity index (χ1n) is 12.0. The number of benzene rings is 4. The number of hydrogen-bond acceptors (Lipinski definition) is 4. The van der Waals surface area contributed by atoms with Gasteiger partial charge in [0.15, 0.2) is 0 Å². The predicted molar refractivity (Wildman–Crippen MR) is 147 cm³/mol. The van der Waals surface area contributed by atoms with E-state index in [9.17, 15) is 4.79 Å². The van der Waals surface area contributed by atoms with E-state index in [4.69, 9.17) is 26.1 Å². The second-order valence-corrected chi connectivity index (χ2v) is 9.41. The number of nitrogens with zero attached hydrogens (tertiary/aromatic N) is 2. The first-order valence-corrected chi connectivity index (χ1v) is 12.4. The molecule has 0 N–H and O–H groups in total. The number of rotatable bonds is 7. The van der Waals surface area contributed by atoms with E-state index in [1.165, 1.54) is 7.11 Å². The topological polar surface area (TPSA) is 53.4 Å². The van der Waals surface area contributed by atoms with Gasteiger partial charge in [-0.25, -0.2) is 9.78 Å². The Bertz CT molecular complexity index is 1590. The number of aromatic nitrogens is 2. The predicted octanol–water partition coefficient (Wildman–Crippen LogP) is 7.39. The van der Waals surface area contributed by atoms with Gasteiger partial charge in [0, 0.05) is 5.02 Å². The summed E-state index contributed by atoms with van der Waals surface area (Å²) in [5.74, 6) is 1.14. The Kier molecular flexibility index (Phi) is 6.97. The molecule has 1 heterocycles. The molecule has 0 amide bonds. The molecule has 4 aromatic carbocycles. The number of methoxy groups -OCH3 is 1. The van der Waals surface area contributed by atoms with Crippen molar-refractivity contribution in [3.05, 3.63) is 118 Å².